The van der Waals surface area contributed by atoms with Crippen LogP contribution < -0.4 is 5.56 Å². The SMILES string of the molecule is CCOC(=O)c1cc(Br)c(CO)n(-c2ccc(F)cc2)c1=O. The summed E-state index contributed by atoms with van der Waals surface area (Å²) in [6.45, 7) is 1.33. The van der Waals surface area contributed by atoms with E-state index >= 15 is 0 Å². The van der Waals surface area contributed by atoms with Crippen LogP contribution in [0.2, 0.25) is 0 Å². The average Bonchev–Trinajstić information content (AvgIpc) is 2.50. The van der Waals surface area contributed by atoms with Crippen LogP contribution in [0.1, 0.15) is 23.0 Å². The van der Waals surface area contributed by atoms with Gasteiger partial charge in [-0.05, 0) is 53.2 Å². The Kier molecular flexibility index (Phi) is 5.10. The third-order valence-corrected chi connectivity index (χ3v) is 3.67. The largest absolute Gasteiger partial charge is 0.462 e. The second-order valence-electron chi connectivity index (χ2n) is 4.35. The maximum Gasteiger partial charge on any atom is 0.343 e. The van der Waals surface area contributed by atoms with Crippen LogP contribution >= 0.6 is 15.9 Å². The topological polar surface area (TPSA) is 68.5 Å². The molecule has 0 bridgehead atoms. The molecule has 1 heterocycles. The first-order valence-electron chi connectivity index (χ1n) is 6.48. The molecule has 0 fully saturated rings. The van der Waals surface area contributed by atoms with Gasteiger partial charge in [-0.15, -0.1) is 0 Å². The first-order chi connectivity index (χ1) is 10.5. The summed E-state index contributed by atoms with van der Waals surface area (Å²) in [6, 6.07) is 6.46. The average molecular weight is 370 g/mol. The molecule has 0 radical (unpaired) electrons. The Hall–Kier alpha value is -1.99. The number of nitrogens with zero attached hydrogens (tertiary/aromatic N) is 1. The van der Waals surface area contributed by atoms with Crippen LogP contribution in [0.4, 0.5) is 4.39 Å². The Bertz CT molecular complexity index is 755. The molecular weight excluding hydrogens is 357 g/mol. The summed E-state index contributed by atoms with van der Waals surface area (Å²) in [5, 5.41) is 9.49. The summed E-state index contributed by atoms with van der Waals surface area (Å²) in [5.41, 5.74) is -0.223. The number of carbonyl (C=O) groups is 1. The third-order valence-electron chi connectivity index (χ3n) is 2.98. The van der Waals surface area contributed by atoms with Crippen molar-refractivity contribution in [2.75, 3.05) is 6.61 Å². The first kappa shape index (κ1) is 16.4. The van der Waals surface area contributed by atoms with E-state index in [0.717, 1.165) is 4.57 Å². The molecule has 5 nitrogen and oxygen atoms in total. The lowest BCUT2D eigenvalue weighted by atomic mass is 10.2. The van der Waals surface area contributed by atoms with Crippen molar-refractivity contribution in [1.82, 2.24) is 4.57 Å². The zero-order chi connectivity index (χ0) is 16.3. The van der Waals surface area contributed by atoms with Crippen LogP contribution in [-0.4, -0.2) is 22.2 Å². The Morgan fingerprint density at radius 1 is 1.36 bits per heavy atom. The van der Waals surface area contributed by atoms with Crippen LogP contribution in [0.5, 0.6) is 0 Å². The van der Waals surface area contributed by atoms with E-state index in [2.05, 4.69) is 15.9 Å². The summed E-state index contributed by atoms with van der Waals surface area (Å²) in [5.74, 6) is -1.21. The van der Waals surface area contributed by atoms with Gasteiger partial charge in [-0.2, -0.15) is 0 Å². The number of hydrogen-bond donors (Lipinski definition) is 1. The maximum absolute atomic E-state index is 13.1. The minimum Gasteiger partial charge on any atom is -0.462 e. The van der Waals surface area contributed by atoms with E-state index in [9.17, 15) is 19.1 Å². The molecule has 0 saturated heterocycles. The highest BCUT2D eigenvalue weighted by atomic mass is 79.9. The number of aromatic nitrogens is 1. The van der Waals surface area contributed by atoms with Gasteiger partial charge < -0.3 is 9.84 Å². The van der Waals surface area contributed by atoms with Gasteiger partial charge in [0.25, 0.3) is 5.56 Å². The molecule has 1 aromatic carbocycles. The number of ether oxygens (including phenoxy) is 1. The minimum atomic E-state index is -0.756. The van der Waals surface area contributed by atoms with Gasteiger partial charge in [-0.3, -0.25) is 9.36 Å². The maximum atomic E-state index is 13.1. The van der Waals surface area contributed by atoms with Crippen LogP contribution in [0, 0.1) is 5.82 Å². The number of pyridine rings is 1. The molecule has 1 aromatic heterocycles. The van der Waals surface area contributed by atoms with E-state index in [1.165, 1.54) is 30.3 Å². The number of benzene rings is 1. The summed E-state index contributed by atoms with van der Waals surface area (Å²) >= 11 is 3.22. The number of esters is 1. The standard InChI is InChI=1S/C15H13BrFNO4/c1-2-22-15(21)11-7-12(16)13(8-19)18(14(11)20)10-5-3-9(17)4-6-10/h3-7,19H,2,8H2,1H3. The second-order valence-corrected chi connectivity index (χ2v) is 5.20. The third kappa shape index (κ3) is 3.10. The van der Waals surface area contributed by atoms with Gasteiger partial charge in [0.15, 0.2) is 0 Å². The van der Waals surface area contributed by atoms with Gasteiger partial charge in [0.2, 0.25) is 0 Å². The van der Waals surface area contributed by atoms with E-state index in [1.807, 2.05) is 0 Å². The van der Waals surface area contributed by atoms with Gasteiger partial charge in [-0.1, -0.05) is 0 Å². The van der Waals surface area contributed by atoms with Crippen LogP contribution in [0.3, 0.4) is 0 Å². The van der Waals surface area contributed by atoms with Crippen molar-refractivity contribution in [2.24, 2.45) is 0 Å². The quantitative estimate of drug-likeness (QED) is 0.840. The fourth-order valence-electron chi connectivity index (χ4n) is 1.99. The summed E-state index contributed by atoms with van der Waals surface area (Å²) < 4.78 is 19.4. The molecule has 0 spiro atoms. The van der Waals surface area contributed by atoms with Crippen molar-refractivity contribution >= 4 is 21.9 Å². The molecule has 0 aliphatic rings. The highest BCUT2D eigenvalue weighted by Crippen LogP contribution is 2.20. The van der Waals surface area contributed by atoms with Gasteiger partial charge in [0, 0.05) is 10.2 Å². The Labute approximate surface area is 134 Å². The molecule has 2 rings (SSSR count). The molecular formula is C15H13BrFNO4. The zero-order valence-corrected chi connectivity index (χ0v) is 13.3. The molecule has 0 unspecified atom stereocenters. The van der Waals surface area contributed by atoms with E-state index in [0.29, 0.717) is 10.2 Å². The Morgan fingerprint density at radius 2 is 2.00 bits per heavy atom. The first-order valence-corrected chi connectivity index (χ1v) is 7.27. The lowest BCUT2D eigenvalue weighted by molar-refractivity contribution is 0.0523. The summed E-state index contributed by atoms with van der Waals surface area (Å²) in [7, 11) is 0. The summed E-state index contributed by atoms with van der Waals surface area (Å²) in [6.07, 6.45) is 0. The number of hydrogen-bond acceptors (Lipinski definition) is 4. The van der Waals surface area contributed by atoms with Gasteiger partial charge in [0.05, 0.1) is 18.9 Å². The van der Waals surface area contributed by atoms with Gasteiger partial charge >= 0.3 is 5.97 Å². The van der Waals surface area contributed by atoms with E-state index in [1.54, 1.807) is 6.92 Å². The Morgan fingerprint density at radius 3 is 2.55 bits per heavy atom. The predicted molar refractivity (Wildman–Crippen MR) is 81.6 cm³/mol. The highest BCUT2D eigenvalue weighted by molar-refractivity contribution is 9.10. The molecule has 2 aromatic rings. The van der Waals surface area contributed by atoms with Gasteiger partial charge in [-0.25, -0.2) is 9.18 Å². The van der Waals surface area contributed by atoms with Crippen molar-refractivity contribution < 1.29 is 19.0 Å². The number of aliphatic hydroxyl groups is 1. The zero-order valence-electron chi connectivity index (χ0n) is 11.7. The van der Waals surface area contributed by atoms with Crippen molar-refractivity contribution in [3.63, 3.8) is 0 Å². The van der Waals surface area contributed by atoms with Crippen molar-refractivity contribution in [1.29, 1.82) is 0 Å². The fraction of sp³-hybridized carbons (Fsp3) is 0.200. The molecule has 0 saturated carbocycles. The highest BCUT2D eigenvalue weighted by Gasteiger charge is 2.19. The van der Waals surface area contributed by atoms with E-state index in [4.69, 9.17) is 4.74 Å². The van der Waals surface area contributed by atoms with Gasteiger partial charge in [0.1, 0.15) is 11.4 Å². The van der Waals surface area contributed by atoms with Crippen molar-refractivity contribution in [3.8, 4) is 5.69 Å². The number of halogens is 2. The normalized spacial score (nSPS) is 10.5. The molecule has 0 aliphatic heterocycles. The molecule has 22 heavy (non-hydrogen) atoms. The van der Waals surface area contributed by atoms with E-state index in [-0.39, 0.29) is 17.9 Å². The molecule has 0 aliphatic carbocycles. The lowest BCUT2D eigenvalue weighted by Crippen LogP contribution is -2.29. The lowest BCUT2D eigenvalue weighted by Gasteiger charge is -2.15. The molecule has 1 N–H and O–H groups in total. The molecule has 116 valence electrons. The fourth-order valence-corrected chi connectivity index (χ4v) is 2.52. The van der Waals surface area contributed by atoms with Crippen LogP contribution in [0.25, 0.3) is 5.69 Å². The van der Waals surface area contributed by atoms with Crippen LogP contribution in [-0.2, 0) is 11.3 Å². The second kappa shape index (κ2) is 6.85. The van der Waals surface area contributed by atoms with E-state index < -0.39 is 24.0 Å². The van der Waals surface area contributed by atoms with Crippen LogP contribution in [0.15, 0.2) is 39.6 Å². The molecule has 0 amide bonds. The number of carbonyl (C=O) groups excluding carboxylic acids is 1. The predicted octanol–water partition coefficient (Wildman–Crippen LogP) is 2.41. The molecule has 0 atom stereocenters. The monoisotopic (exact) mass is 369 g/mol. The smallest absolute Gasteiger partial charge is 0.343 e. The minimum absolute atomic E-state index is 0.133. The number of aliphatic hydroxyl groups excluding tert-OH is 1. The summed E-state index contributed by atoms with van der Waals surface area (Å²) in [4.78, 5) is 24.4. The van der Waals surface area contributed by atoms with Crippen molar-refractivity contribution in [2.45, 2.75) is 13.5 Å². The Balaban J connectivity index is 2.72. The number of rotatable bonds is 4. The molecule has 7 heteroatoms. The van der Waals surface area contributed by atoms with Crippen molar-refractivity contribution in [3.05, 3.63) is 62.2 Å².